The molecule has 1 fully saturated rings. The van der Waals surface area contributed by atoms with Gasteiger partial charge in [-0.25, -0.2) is 0 Å². The van der Waals surface area contributed by atoms with Crippen molar-refractivity contribution in [2.75, 3.05) is 0 Å². The summed E-state index contributed by atoms with van der Waals surface area (Å²) in [6, 6.07) is 18.9. The van der Waals surface area contributed by atoms with E-state index in [0.717, 1.165) is 17.8 Å². The van der Waals surface area contributed by atoms with E-state index in [2.05, 4.69) is 68.5 Å². The summed E-state index contributed by atoms with van der Waals surface area (Å²) in [6.45, 7) is 4.62. The van der Waals surface area contributed by atoms with Crippen LogP contribution in [0.3, 0.4) is 0 Å². The summed E-state index contributed by atoms with van der Waals surface area (Å²) < 4.78 is 0. The Kier molecular flexibility index (Phi) is 10.5. The Bertz CT molecular complexity index is 877. The average molecular weight is 471 g/mol. The lowest BCUT2D eigenvalue weighted by molar-refractivity contribution is 0.303. The maximum Gasteiger partial charge on any atom is -0.0162 e. The normalized spacial score (nSPS) is 22.7. The van der Waals surface area contributed by atoms with Gasteiger partial charge in [-0.3, -0.25) is 0 Å². The maximum absolute atomic E-state index is 2.54. The van der Waals surface area contributed by atoms with Crippen molar-refractivity contribution in [2.24, 2.45) is 11.8 Å². The zero-order valence-electron chi connectivity index (χ0n) is 22.7. The van der Waals surface area contributed by atoms with Gasteiger partial charge in [0.2, 0.25) is 0 Å². The summed E-state index contributed by atoms with van der Waals surface area (Å²) in [5.41, 5.74) is 7.28. The van der Waals surface area contributed by atoms with Gasteiger partial charge < -0.3 is 0 Å². The number of benzene rings is 2. The molecule has 0 aliphatic heterocycles. The van der Waals surface area contributed by atoms with Crippen LogP contribution in [0.4, 0.5) is 0 Å². The molecule has 1 atom stereocenters. The number of hydrogen-bond donors (Lipinski definition) is 0. The maximum atomic E-state index is 2.54. The molecule has 0 saturated heterocycles. The molecule has 0 amide bonds. The molecule has 2 aliphatic carbocycles. The molecule has 35 heavy (non-hydrogen) atoms. The molecule has 2 aliphatic rings. The van der Waals surface area contributed by atoms with Crippen molar-refractivity contribution in [3.63, 3.8) is 0 Å². The largest absolute Gasteiger partial charge is 0.0804 e. The Morgan fingerprint density at radius 3 is 1.77 bits per heavy atom. The van der Waals surface area contributed by atoms with Crippen LogP contribution in [-0.2, 0) is 0 Å². The SMILES string of the molecule is CCCCCCC1CC=C(c2ccc(-c3ccc([C@H]4CC[C@H](CCCCC)CC4)cc3)cc2)CC1. The van der Waals surface area contributed by atoms with Gasteiger partial charge in [0.15, 0.2) is 0 Å². The molecule has 0 N–H and O–H groups in total. The highest BCUT2D eigenvalue weighted by Gasteiger charge is 2.22. The lowest BCUT2D eigenvalue weighted by Gasteiger charge is -2.29. The predicted molar refractivity (Wildman–Crippen MR) is 155 cm³/mol. The zero-order valence-corrected chi connectivity index (χ0v) is 22.7. The summed E-state index contributed by atoms with van der Waals surface area (Å²) >= 11 is 0. The van der Waals surface area contributed by atoms with Gasteiger partial charge in [-0.1, -0.05) is 126 Å². The minimum absolute atomic E-state index is 0.780. The van der Waals surface area contributed by atoms with Gasteiger partial charge in [-0.2, -0.15) is 0 Å². The second kappa shape index (κ2) is 14.1. The fourth-order valence-corrected chi connectivity index (χ4v) is 6.56. The van der Waals surface area contributed by atoms with Crippen LogP contribution in [0.1, 0.15) is 134 Å². The van der Waals surface area contributed by atoms with Gasteiger partial charge in [0, 0.05) is 0 Å². The van der Waals surface area contributed by atoms with Crippen molar-refractivity contribution in [1.82, 2.24) is 0 Å². The fraction of sp³-hybridized carbons (Fsp3) is 0.600. The molecule has 1 saturated carbocycles. The van der Waals surface area contributed by atoms with E-state index in [4.69, 9.17) is 0 Å². The van der Waals surface area contributed by atoms with E-state index in [0.29, 0.717) is 0 Å². The third-order valence-corrected chi connectivity index (χ3v) is 9.02. The van der Waals surface area contributed by atoms with Crippen LogP contribution < -0.4 is 0 Å². The average Bonchev–Trinajstić information content (AvgIpc) is 2.92. The van der Waals surface area contributed by atoms with E-state index in [1.165, 1.54) is 119 Å². The van der Waals surface area contributed by atoms with E-state index in [1.54, 1.807) is 11.1 Å². The number of hydrogen-bond acceptors (Lipinski definition) is 0. The van der Waals surface area contributed by atoms with Crippen LogP contribution in [0.5, 0.6) is 0 Å². The molecular formula is C35H50. The predicted octanol–water partition coefficient (Wildman–Crippen LogP) is 11.4. The second-order valence-electron chi connectivity index (χ2n) is 11.6. The molecule has 0 bridgehead atoms. The minimum Gasteiger partial charge on any atom is -0.0804 e. The molecular weight excluding hydrogens is 420 g/mol. The monoisotopic (exact) mass is 470 g/mol. The summed E-state index contributed by atoms with van der Waals surface area (Å²) in [6.07, 6.45) is 24.8. The first kappa shape index (κ1) is 26.2. The lowest BCUT2D eigenvalue weighted by Crippen LogP contribution is -2.13. The molecule has 4 rings (SSSR count). The number of rotatable bonds is 12. The highest BCUT2D eigenvalue weighted by atomic mass is 14.3. The Hall–Kier alpha value is -1.82. The van der Waals surface area contributed by atoms with Gasteiger partial charge in [-0.15, -0.1) is 0 Å². The Morgan fingerprint density at radius 2 is 1.14 bits per heavy atom. The van der Waals surface area contributed by atoms with Crippen molar-refractivity contribution >= 4 is 5.57 Å². The summed E-state index contributed by atoms with van der Waals surface area (Å²) in [4.78, 5) is 0. The van der Waals surface area contributed by atoms with Crippen molar-refractivity contribution in [3.05, 3.63) is 65.7 Å². The molecule has 0 heterocycles. The third-order valence-electron chi connectivity index (χ3n) is 9.02. The van der Waals surface area contributed by atoms with E-state index in [-0.39, 0.29) is 0 Å². The van der Waals surface area contributed by atoms with E-state index in [1.807, 2.05) is 0 Å². The van der Waals surface area contributed by atoms with E-state index >= 15 is 0 Å². The van der Waals surface area contributed by atoms with Crippen LogP contribution in [0.25, 0.3) is 16.7 Å². The van der Waals surface area contributed by atoms with Crippen LogP contribution in [0, 0.1) is 11.8 Å². The van der Waals surface area contributed by atoms with Gasteiger partial charge in [0.25, 0.3) is 0 Å². The molecule has 0 radical (unpaired) electrons. The first-order valence-electron chi connectivity index (χ1n) is 15.2. The number of allylic oxidation sites excluding steroid dienone is 2. The van der Waals surface area contributed by atoms with E-state index < -0.39 is 0 Å². The Balaban J connectivity index is 1.26. The molecule has 1 unspecified atom stereocenters. The molecule has 190 valence electrons. The molecule has 0 spiro atoms. The number of unbranched alkanes of at least 4 members (excludes halogenated alkanes) is 5. The fourth-order valence-electron chi connectivity index (χ4n) is 6.56. The van der Waals surface area contributed by atoms with Crippen LogP contribution in [-0.4, -0.2) is 0 Å². The Labute approximate surface area is 216 Å². The topological polar surface area (TPSA) is 0 Å². The van der Waals surface area contributed by atoms with Crippen LogP contribution in [0.15, 0.2) is 54.6 Å². The van der Waals surface area contributed by atoms with Crippen molar-refractivity contribution in [1.29, 1.82) is 0 Å². The highest BCUT2D eigenvalue weighted by molar-refractivity contribution is 5.71. The van der Waals surface area contributed by atoms with Gasteiger partial charge in [0.1, 0.15) is 0 Å². The minimum atomic E-state index is 0.780. The first-order valence-corrected chi connectivity index (χ1v) is 15.2. The van der Waals surface area contributed by atoms with Crippen LogP contribution >= 0.6 is 0 Å². The third kappa shape index (κ3) is 7.83. The molecule has 2 aromatic rings. The smallest absolute Gasteiger partial charge is 0.0162 e. The Morgan fingerprint density at radius 1 is 0.571 bits per heavy atom. The van der Waals surface area contributed by atoms with Crippen LogP contribution in [0.2, 0.25) is 0 Å². The lowest BCUT2D eigenvalue weighted by atomic mass is 9.77. The summed E-state index contributed by atoms with van der Waals surface area (Å²) in [5.74, 6) is 2.69. The summed E-state index contributed by atoms with van der Waals surface area (Å²) in [7, 11) is 0. The molecule has 0 aromatic heterocycles. The summed E-state index contributed by atoms with van der Waals surface area (Å²) in [5, 5.41) is 0. The molecule has 0 heteroatoms. The molecule has 0 nitrogen and oxygen atoms in total. The van der Waals surface area contributed by atoms with E-state index in [9.17, 15) is 0 Å². The molecule has 2 aromatic carbocycles. The van der Waals surface area contributed by atoms with Crippen molar-refractivity contribution in [3.8, 4) is 11.1 Å². The quantitative estimate of drug-likeness (QED) is 0.270. The first-order chi connectivity index (χ1) is 17.3. The van der Waals surface area contributed by atoms with Gasteiger partial charge >= 0.3 is 0 Å². The van der Waals surface area contributed by atoms with Gasteiger partial charge in [0.05, 0.1) is 0 Å². The van der Waals surface area contributed by atoms with Crippen molar-refractivity contribution < 1.29 is 0 Å². The zero-order chi connectivity index (χ0) is 24.3. The van der Waals surface area contributed by atoms with Crippen molar-refractivity contribution in [2.45, 2.75) is 122 Å². The standard InChI is InChI=1S/C35H50/c1-3-5-7-9-11-29-14-18-31(19-15-29)33-22-26-35(27-23-33)34-24-20-32(21-25-34)30-16-12-28(13-17-30)10-8-6-4-2/h18,20-30H,3-17,19H2,1-2H3/t28-,29?,30-. The second-order valence-corrected chi connectivity index (χ2v) is 11.6. The van der Waals surface area contributed by atoms with Gasteiger partial charge in [-0.05, 0) is 90.5 Å². The highest BCUT2D eigenvalue weighted by Crippen LogP contribution is 2.38.